The summed E-state index contributed by atoms with van der Waals surface area (Å²) in [6.07, 6.45) is 2.76. The van der Waals surface area contributed by atoms with Crippen LogP contribution in [0.2, 0.25) is 0 Å². The van der Waals surface area contributed by atoms with Crippen molar-refractivity contribution in [2.24, 2.45) is 5.16 Å². The predicted octanol–water partition coefficient (Wildman–Crippen LogP) is 3.18. The molecule has 0 fully saturated rings. The highest BCUT2D eigenvalue weighted by atomic mass is 16.6. The van der Waals surface area contributed by atoms with Gasteiger partial charge < -0.3 is 10.2 Å². The Morgan fingerprint density at radius 2 is 1.92 bits per heavy atom. The van der Waals surface area contributed by atoms with Crippen molar-refractivity contribution >= 4 is 11.6 Å². The molecule has 0 saturated heterocycles. The third kappa shape index (κ3) is 3.04. The van der Waals surface area contributed by atoms with Crippen LogP contribution in [0.3, 0.4) is 0 Å². The number of carbonyl (C=O) groups is 1. The highest BCUT2D eigenvalue weighted by Gasteiger charge is 2.31. The average Bonchev–Trinajstić information content (AvgIpc) is 3.24. The smallest absolute Gasteiger partial charge is 0.264 e. The molecule has 1 N–H and O–H groups in total. The van der Waals surface area contributed by atoms with Gasteiger partial charge in [-0.1, -0.05) is 59.8 Å². The summed E-state index contributed by atoms with van der Waals surface area (Å²) in [5, 5.41) is 7.23. The van der Waals surface area contributed by atoms with Gasteiger partial charge in [-0.2, -0.15) is 0 Å². The molecule has 4 nitrogen and oxygen atoms in total. The van der Waals surface area contributed by atoms with Gasteiger partial charge in [0.25, 0.3) is 5.91 Å². The minimum atomic E-state index is -0.503. The monoisotopic (exact) mass is 320 g/mol. The van der Waals surface area contributed by atoms with Crippen LogP contribution in [0.15, 0.2) is 59.8 Å². The van der Waals surface area contributed by atoms with E-state index in [0.717, 1.165) is 25.0 Å². The molecule has 0 saturated carbocycles. The molecular weight excluding hydrogens is 300 g/mol. The van der Waals surface area contributed by atoms with Crippen LogP contribution < -0.4 is 5.32 Å². The van der Waals surface area contributed by atoms with Crippen molar-refractivity contribution in [3.05, 3.63) is 71.3 Å². The molecule has 0 aromatic heterocycles. The summed E-state index contributed by atoms with van der Waals surface area (Å²) in [7, 11) is 0. The van der Waals surface area contributed by atoms with Crippen LogP contribution in [-0.2, 0) is 22.5 Å². The third-order valence-electron chi connectivity index (χ3n) is 4.72. The second kappa shape index (κ2) is 6.48. The zero-order chi connectivity index (χ0) is 16.4. The van der Waals surface area contributed by atoms with Gasteiger partial charge in [0, 0.05) is 12.8 Å². The van der Waals surface area contributed by atoms with Crippen LogP contribution in [-0.4, -0.2) is 17.7 Å². The minimum absolute atomic E-state index is 0.0662. The number of amides is 1. The first-order chi connectivity index (χ1) is 11.8. The standard InChI is InChI=1S/C20H20N2O2/c23-20(21-18-11-10-15-8-4-5-9-17(15)18)19-13-16(22-24-19)12-14-6-2-1-3-7-14/h1-9,18-19H,10-13H2,(H,21,23)/t18-,19-/m1/s1. The highest BCUT2D eigenvalue weighted by molar-refractivity contribution is 5.94. The number of aryl methyl sites for hydroxylation is 1. The van der Waals surface area contributed by atoms with Crippen LogP contribution in [0.4, 0.5) is 0 Å². The molecule has 0 bridgehead atoms. The van der Waals surface area contributed by atoms with Gasteiger partial charge in [0.1, 0.15) is 0 Å². The van der Waals surface area contributed by atoms with Crippen molar-refractivity contribution in [2.45, 2.75) is 37.8 Å². The Hall–Kier alpha value is -2.62. The molecule has 2 aromatic rings. The number of oxime groups is 1. The van der Waals surface area contributed by atoms with Gasteiger partial charge >= 0.3 is 0 Å². The average molecular weight is 320 g/mol. The van der Waals surface area contributed by atoms with E-state index in [9.17, 15) is 4.79 Å². The molecule has 2 atom stereocenters. The first-order valence-electron chi connectivity index (χ1n) is 8.43. The van der Waals surface area contributed by atoms with Gasteiger partial charge in [0.05, 0.1) is 11.8 Å². The molecule has 1 heterocycles. The van der Waals surface area contributed by atoms with Crippen molar-refractivity contribution in [3.8, 4) is 0 Å². The summed E-state index contributed by atoms with van der Waals surface area (Å²) < 4.78 is 0. The normalized spacial score (nSPS) is 21.8. The minimum Gasteiger partial charge on any atom is -0.382 e. The first-order valence-corrected chi connectivity index (χ1v) is 8.43. The number of fused-ring (bicyclic) bond motifs is 1. The topological polar surface area (TPSA) is 50.7 Å². The molecule has 1 aliphatic carbocycles. The number of carbonyl (C=O) groups excluding carboxylic acids is 1. The van der Waals surface area contributed by atoms with Crippen molar-refractivity contribution in [1.29, 1.82) is 0 Å². The maximum atomic E-state index is 12.5. The van der Waals surface area contributed by atoms with E-state index in [0.29, 0.717) is 6.42 Å². The summed E-state index contributed by atoms with van der Waals surface area (Å²) in [6.45, 7) is 0. The Labute approximate surface area is 141 Å². The second-order valence-electron chi connectivity index (χ2n) is 6.42. The Balaban J connectivity index is 1.34. The van der Waals surface area contributed by atoms with Crippen LogP contribution in [0.1, 0.15) is 35.6 Å². The molecule has 2 aliphatic rings. The van der Waals surface area contributed by atoms with Crippen molar-refractivity contribution < 1.29 is 9.63 Å². The maximum Gasteiger partial charge on any atom is 0.264 e. The quantitative estimate of drug-likeness (QED) is 0.940. The van der Waals surface area contributed by atoms with Gasteiger partial charge in [-0.15, -0.1) is 0 Å². The Kier molecular flexibility index (Phi) is 4.03. The van der Waals surface area contributed by atoms with Crippen LogP contribution >= 0.6 is 0 Å². The molecule has 122 valence electrons. The number of rotatable bonds is 4. The van der Waals surface area contributed by atoms with E-state index in [-0.39, 0.29) is 11.9 Å². The highest BCUT2D eigenvalue weighted by Crippen LogP contribution is 2.31. The zero-order valence-electron chi connectivity index (χ0n) is 13.4. The number of hydrogen-bond acceptors (Lipinski definition) is 3. The molecular formula is C20H20N2O2. The van der Waals surface area contributed by atoms with Gasteiger partial charge in [-0.3, -0.25) is 4.79 Å². The van der Waals surface area contributed by atoms with Crippen LogP contribution in [0, 0.1) is 0 Å². The largest absolute Gasteiger partial charge is 0.382 e. The molecule has 0 radical (unpaired) electrons. The molecule has 1 amide bonds. The Bertz CT molecular complexity index is 770. The van der Waals surface area contributed by atoms with Crippen molar-refractivity contribution in [1.82, 2.24) is 5.32 Å². The second-order valence-corrected chi connectivity index (χ2v) is 6.42. The molecule has 2 aromatic carbocycles. The summed E-state index contributed by atoms with van der Waals surface area (Å²) in [4.78, 5) is 17.9. The molecule has 1 aliphatic heterocycles. The van der Waals surface area contributed by atoms with Crippen LogP contribution in [0.5, 0.6) is 0 Å². The summed E-state index contributed by atoms with van der Waals surface area (Å²) in [5.41, 5.74) is 4.67. The lowest BCUT2D eigenvalue weighted by atomic mass is 10.0. The lowest BCUT2D eigenvalue weighted by Gasteiger charge is -2.16. The summed E-state index contributed by atoms with van der Waals surface area (Å²) in [6, 6.07) is 18.5. The van der Waals surface area contributed by atoms with E-state index < -0.39 is 6.10 Å². The SMILES string of the molecule is O=C(N[C@@H]1CCc2ccccc21)[C@H]1CC(Cc2ccccc2)=NO1. The van der Waals surface area contributed by atoms with Crippen molar-refractivity contribution in [3.63, 3.8) is 0 Å². The molecule has 24 heavy (non-hydrogen) atoms. The lowest BCUT2D eigenvalue weighted by Crippen LogP contribution is -2.36. The predicted molar refractivity (Wildman–Crippen MR) is 92.7 cm³/mol. The van der Waals surface area contributed by atoms with E-state index in [1.807, 2.05) is 30.3 Å². The van der Waals surface area contributed by atoms with Crippen LogP contribution in [0.25, 0.3) is 0 Å². The third-order valence-corrected chi connectivity index (χ3v) is 4.72. The first kappa shape index (κ1) is 14.9. The van der Waals surface area contributed by atoms with Gasteiger partial charge in [-0.05, 0) is 29.5 Å². The molecule has 0 spiro atoms. The van der Waals surface area contributed by atoms with Gasteiger partial charge in [0.15, 0.2) is 0 Å². The van der Waals surface area contributed by atoms with Crippen molar-refractivity contribution in [2.75, 3.05) is 0 Å². The van der Waals surface area contributed by atoms with Gasteiger partial charge in [0.2, 0.25) is 6.10 Å². The Morgan fingerprint density at radius 3 is 2.79 bits per heavy atom. The fourth-order valence-corrected chi connectivity index (χ4v) is 3.47. The summed E-state index contributed by atoms with van der Waals surface area (Å²) >= 11 is 0. The fourth-order valence-electron chi connectivity index (χ4n) is 3.47. The molecule has 0 unspecified atom stereocenters. The fraction of sp³-hybridized carbons (Fsp3) is 0.300. The number of hydrogen-bond donors (Lipinski definition) is 1. The number of nitrogens with zero attached hydrogens (tertiary/aromatic N) is 1. The van der Waals surface area contributed by atoms with E-state index in [2.05, 4.69) is 34.7 Å². The Morgan fingerprint density at radius 1 is 1.12 bits per heavy atom. The lowest BCUT2D eigenvalue weighted by molar-refractivity contribution is -0.131. The number of benzene rings is 2. The number of nitrogens with one attached hydrogen (secondary N) is 1. The van der Waals surface area contributed by atoms with E-state index in [4.69, 9.17) is 4.84 Å². The van der Waals surface area contributed by atoms with E-state index >= 15 is 0 Å². The van der Waals surface area contributed by atoms with E-state index in [1.54, 1.807) is 0 Å². The van der Waals surface area contributed by atoms with E-state index in [1.165, 1.54) is 16.7 Å². The molecule has 4 heteroatoms. The molecule has 4 rings (SSSR count). The van der Waals surface area contributed by atoms with Gasteiger partial charge in [-0.25, -0.2) is 0 Å². The zero-order valence-corrected chi connectivity index (χ0v) is 13.4. The summed E-state index contributed by atoms with van der Waals surface area (Å²) in [5.74, 6) is -0.0662. The maximum absolute atomic E-state index is 12.5.